The number of allylic oxidation sites excluding steroid dienone is 1. The lowest BCUT2D eigenvalue weighted by atomic mass is 10.1. The van der Waals surface area contributed by atoms with Crippen LogP contribution in [0.3, 0.4) is 0 Å². The van der Waals surface area contributed by atoms with Gasteiger partial charge in [-0.25, -0.2) is 4.79 Å². The van der Waals surface area contributed by atoms with Gasteiger partial charge >= 0.3 is 11.8 Å². The Labute approximate surface area is 230 Å². The maximum atomic E-state index is 13.4. The number of carbonyl (C=O) groups excluding carboxylic acids is 2. The number of hydrogen-bond donors (Lipinski definition) is 0. The van der Waals surface area contributed by atoms with Crippen LogP contribution in [0.15, 0.2) is 69.4 Å². The highest BCUT2D eigenvalue weighted by Crippen LogP contribution is 2.29. The van der Waals surface area contributed by atoms with Crippen LogP contribution in [0.1, 0.15) is 41.8 Å². The zero-order valence-electron chi connectivity index (χ0n) is 22.8. The Kier molecular flexibility index (Phi) is 8.78. The number of carbonyl (C=O) groups is 2. The first-order valence-corrected chi connectivity index (χ1v) is 13.1. The number of benzene rings is 2. The van der Waals surface area contributed by atoms with E-state index < -0.39 is 17.4 Å². The Morgan fingerprint density at radius 3 is 2.30 bits per heavy atom. The van der Waals surface area contributed by atoms with Crippen LogP contribution < -0.4 is 10.5 Å². The molecule has 2 aromatic carbocycles. The van der Waals surface area contributed by atoms with Crippen LogP contribution in [0.4, 0.5) is 18.9 Å². The third kappa shape index (κ3) is 6.98. The summed E-state index contributed by atoms with van der Waals surface area (Å²) < 4.78 is 43.8. The smallest absolute Gasteiger partial charge is 0.416 e. The first-order valence-electron chi connectivity index (χ1n) is 13.1. The summed E-state index contributed by atoms with van der Waals surface area (Å²) in [6, 6.07) is 11.1. The minimum atomic E-state index is -4.45. The topological polar surface area (TPSA) is 74.1 Å². The van der Waals surface area contributed by atoms with Crippen molar-refractivity contribution in [2.45, 2.75) is 33.4 Å². The van der Waals surface area contributed by atoms with Crippen molar-refractivity contribution in [3.05, 3.63) is 87.3 Å². The number of fused-ring (bicyclic) bond motifs is 1. The van der Waals surface area contributed by atoms with Crippen molar-refractivity contribution in [3.63, 3.8) is 0 Å². The molecule has 4 rings (SSSR count). The molecule has 0 unspecified atom stereocenters. The van der Waals surface area contributed by atoms with Gasteiger partial charge in [-0.15, -0.1) is 0 Å². The molecular weight excluding hydrogens is 523 g/mol. The van der Waals surface area contributed by atoms with Crippen molar-refractivity contribution in [2.75, 3.05) is 44.2 Å². The van der Waals surface area contributed by atoms with Gasteiger partial charge in [-0.05, 0) is 62.7 Å². The fraction of sp³-hybridized carbons (Fsp3) is 0.367. The molecule has 1 aliphatic heterocycles. The molecule has 0 atom stereocenters. The molecule has 1 saturated heterocycles. The number of rotatable bonds is 7. The maximum Gasteiger partial charge on any atom is 0.416 e. The first-order chi connectivity index (χ1) is 18.9. The van der Waals surface area contributed by atoms with Crippen LogP contribution in [-0.2, 0) is 11.0 Å². The Morgan fingerprint density at radius 2 is 1.68 bits per heavy atom. The summed E-state index contributed by atoms with van der Waals surface area (Å²) in [5.41, 5.74) is 1.90. The van der Waals surface area contributed by atoms with E-state index >= 15 is 0 Å². The summed E-state index contributed by atoms with van der Waals surface area (Å²) in [7, 11) is 0. The van der Waals surface area contributed by atoms with Gasteiger partial charge in [0.25, 0.3) is 5.91 Å². The Hall–Kier alpha value is -3.92. The number of halogens is 3. The molecule has 2 heterocycles. The fourth-order valence-electron chi connectivity index (χ4n) is 4.65. The Balaban J connectivity index is 1.37. The molecule has 10 heteroatoms. The third-order valence-corrected chi connectivity index (χ3v) is 6.99. The molecule has 0 N–H and O–H groups in total. The van der Waals surface area contributed by atoms with E-state index in [0.29, 0.717) is 50.5 Å². The van der Waals surface area contributed by atoms with Crippen LogP contribution >= 0.6 is 0 Å². The monoisotopic (exact) mass is 555 g/mol. The van der Waals surface area contributed by atoms with Gasteiger partial charge in [-0.2, -0.15) is 13.2 Å². The van der Waals surface area contributed by atoms with Gasteiger partial charge in [0.2, 0.25) is 5.91 Å². The largest absolute Gasteiger partial charge is 0.423 e. The number of piperazine rings is 1. The molecule has 3 aromatic rings. The zero-order valence-corrected chi connectivity index (χ0v) is 22.8. The SMILES string of the molecule is CC(C)=CCN(C(=O)CCN1CCN(C(=O)c2ccc(C(F)(F)F)cc2)CC1)c1ccc2c(C)cc(=O)oc2c1. The van der Waals surface area contributed by atoms with Gasteiger partial charge in [0.1, 0.15) is 5.58 Å². The van der Waals surface area contributed by atoms with Crippen LogP contribution in [0.25, 0.3) is 11.0 Å². The van der Waals surface area contributed by atoms with Gasteiger partial charge in [0, 0.05) is 74.5 Å². The van der Waals surface area contributed by atoms with E-state index in [1.807, 2.05) is 39.0 Å². The van der Waals surface area contributed by atoms with E-state index in [1.165, 1.54) is 18.2 Å². The second-order valence-electron chi connectivity index (χ2n) is 10.2. The average Bonchev–Trinajstić information content (AvgIpc) is 2.91. The molecule has 212 valence electrons. The number of aryl methyl sites for hydroxylation is 1. The standard InChI is InChI=1S/C30H32F3N3O4/c1-20(2)10-13-36(24-8-9-25-21(3)18-28(38)40-26(25)19-24)27(37)11-12-34-14-16-35(17-15-34)29(39)22-4-6-23(7-5-22)30(31,32)33/h4-10,18-19H,11-17H2,1-3H3. The minimum Gasteiger partial charge on any atom is -0.423 e. The summed E-state index contributed by atoms with van der Waals surface area (Å²) in [5.74, 6) is -0.398. The highest BCUT2D eigenvalue weighted by Gasteiger charge is 2.31. The molecule has 0 bridgehead atoms. The van der Waals surface area contributed by atoms with E-state index in [2.05, 4.69) is 4.90 Å². The van der Waals surface area contributed by atoms with E-state index in [4.69, 9.17) is 4.42 Å². The number of hydrogen-bond acceptors (Lipinski definition) is 5. The predicted octanol–water partition coefficient (Wildman–Crippen LogP) is 5.27. The summed E-state index contributed by atoms with van der Waals surface area (Å²) in [6.45, 7) is 8.54. The molecule has 0 spiro atoms. The molecule has 7 nitrogen and oxygen atoms in total. The Bertz CT molecular complexity index is 1470. The lowest BCUT2D eigenvalue weighted by Crippen LogP contribution is -2.49. The number of anilines is 1. The van der Waals surface area contributed by atoms with E-state index in [1.54, 1.807) is 15.9 Å². The minimum absolute atomic E-state index is 0.0879. The van der Waals surface area contributed by atoms with Crippen molar-refractivity contribution < 1.29 is 27.2 Å². The molecule has 2 amide bonds. The summed E-state index contributed by atoms with van der Waals surface area (Å²) in [6.07, 6.45) is -2.24. The molecule has 0 aliphatic carbocycles. The average molecular weight is 556 g/mol. The van der Waals surface area contributed by atoms with Crippen molar-refractivity contribution in [2.24, 2.45) is 0 Å². The van der Waals surface area contributed by atoms with E-state index in [9.17, 15) is 27.6 Å². The Morgan fingerprint density at radius 1 is 1.00 bits per heavy atom. The van der Waals surface area contributed by atoms with E-state index in [0.717, 1.165) is 28.7 Å². The first kappa shape index (κ1) is 29.1. The second-order valence-corrected chi connectivity index (χ2v) is 10.2. The van der Waals surface area contributed by atoms with E-state index in [-0.39, 0.29) is 23.8 Å². The van der Waals surface area contributed by atoms with Crippen LogP contribution in [0.2, 0.25) is 0 Å². The van der Waals surface area contributed by atoms with Crippen molar-refractivity contribution in [1.29, 1.82) is 0 Å². The van der Waals surface area contributed by atoms with Gasteiger partial charge < -0.3 is 14.2 Å². The van der Waals surface area contributed by atoms with Crippen molar-refractivity contribution >= 4 is 28.5 Å². The molecular formula is C30H32F3N3O4. The van der Waals surface area contributed by atoms with Gasteiger partial charge in [-0.3, -0.25) is 14.5 Å². The lowest BCUT2D eigenvalue weighted by Gasteiger charge is -2.35. The zero-order chi connectivity index (χ0) is 29.0. The molecule has 0 radical (unpaired) electrons. The van der Waals surface area contributed by atoms with Gasteiger partial charge in [-0.1, -0.05) is 11.6 Å². The molecule has 1 aromatic heterocycles. The number of nitrogens with zero attached hydrogens (tertiary/aromatic N) is 3. The fourth-order valence-corrected chi connectivity index (χ4v) is 4.65. The maximum absolute atomic E-state index is 13.4. The highest BCUT2D eigenvalue weighted by molar-refractivity contribution is 5.96. The molecule has 40 heavy (non-hydrogen) atoms. The van der Waals surface area contributed by atoms with Crippen LogP contribution in [-0.4, -0.2) is 60.9 Å². The van der Waals surface area contributed by atoms with Crippen molar-refractivity contribution in [1.82, 2.24) is 9.80 Å². The molecule has 1 aliphatic rings. The van der Waals surface area contributed by atoms with Crippen LogP contribution in [0, 0.1) is 6.92 Å². The molecule has 1 fully saturated rings. The summed E-state index contributed by atoms with van der Waals surface area (Å²) in [4.78, 5) is 43.4. The molecule has 0 saturated carbocycles. The number of amides is 2. The second kappa shape index (κ2) is 12.1. The summed E-state index contributed by atoms with van der Waals surface area (Å²) in [5, 5.41) is 0.807. The highest BCUT2D eigenvalue weighted by atomic mass is 19.4. The van der Waals surface area contributed by atoms with Gasteiger partial charge in [0.05, 0.1) is 5.56 Å². The number of alkyl halides is 3. The lowest BCUT2D eigenvalue weighted by molar-refractivity contribution is -0.137. The third-order valence-electron chi connectivity index (χ3n) is 6.99. The normalized spacial score (nSPS) is 14.3. The summed E-state index contributed by atoms with van der Waals surface area (Å²) >= 11 is 0. The van der Waals surface area contributed by atoms with Crippen molar-refractivity contribution in [3.8, 4) is 0 Å². The predicted molar refractivity (Wildman–Crippen MR) is 147 cm³/mol. The van der Waals surface area contributed by atoms with Crippen LogP contribution in [0.5, 0.6) is 0 Å². The quantitative estimate of drug-likeness (QED) is 0.294. The van der Waals surface area contributed by atoms with Gasteiger partial charge in [0.15, 0.2) is 0 Å².